The van der Waals surface area contributed by atoms with Gasteiger partial charge in [0.25, 0.3) is 5.91 Å². The van der Waals surface area contributed by atoms with Crippen LogP contribution in [0.5, 0.6) is 0 Å². The van der Waals surface area contributed by atoms with E-state index in [9.17, 15) is 9.90 Å². The minimum Gasteiger partial charge on any atom is -0.396 e. The highest BCUT2D eigenvalue weighted by molar-refractivity contribution is 6.33. The summed E-state index contributed by atoms with van der Waals surface area (Å²) in [6, 6.07) is 1.62. The summed E-state index contributed by atoms with van der Waals surface area (Å²) < 4.78 is 1.73. The van der Waals surface area contributed by atoms with Gasteiger partial charge < -0.3 is 10.0 Å². The van der Waals surface area contributed by atoms with E-state index in [1.807, 2.05) is 13.2 Å². The number of hydrogen-bond donors (Lipinski definition) is 1. The number of likely N-dealkylation sites (tertiary alicyclic amines) is 1. The number of hydrogen-bond acceptors (Lipinski definition) is 4. The monoisotopic (exact) mass is 320 g/mol. The summed E-state index contributed by atoms with van der Waals surface area (Å²) in [5, 5.41) is 14.1. The van der Waals surface area contributed by atoms with Crippen LogP contribution >= 0.6 is 11.6 Å². The number of nitrogens with zero attached hydrogens (tertiary/aromatic N) is 4. The average Bonchev–Trinajstić information content (AvgIpc) is 3.12. The predicted molar refractivity (Wildman–Crippen MR) is 81.7 cm³/mol. The Balaban J connectivity index is 1.82. The first-order chi connectivity index (χ1) is 10.6. The van der Waals surface area contributed by atoms with Gasteiger partial charge in [0.15, 0.2) is 0 Å². The molecule has 22 heavy (non-hydrogen) atoms. The van der Waals surface area contributed by atoms with Crippen molar-refractivity contribution < 1.29 is 9.90 Å². The van der Waals surface area contributed by atoms with E-state index in [1.165, 1.54) is 6.20 Å². The SMILES string of the molecule is Cn1cc([C@@H]2CN(C(=O)c3ccncc3Cl)C[C@H]2CO)cn1. The lowest BCUT2D eigenvalue weighted by Crippen LogP contribution is -2.29. The van der Waals surface area contributed by atoms with E-state index >= 15 is 0 Å². The molecule has 0 aromatic carbocycles. The lowest BCUT2D eigenvalue weighted by molar-refractivity contribution is 0.0781. The Labute approximate surface area is 133 Å². The first-order valence-corrected chi connectivity index (χ1v) is 7.46. The number of aromatic nitrogens is 3. The number of aliphatic hydroxyl groups excluding tert-OH is 1. The van der Waals surface area contributed by atoms with Crippen molar-refractivity contribution in [1.29, 1.82) is 0 Å². The quantitative estimate of drug-likeness (QED) is 0.926. The van der Waals surface area contributed by atoms with Gasteiger partial charge in [-0.05, 0) is 11.6 Å². The topological polar surface area (TPSA) is 71.2 Å². The molecule has 3 heterocycles. The average molecular weight is 321 g/mol. The highest BCUT2D eigenvalue weighted by Crippen LogP contribution is 2.33. The van der Waals surface area contributed by atoms with Crippen molar-refractivity contribution in [2.45, 2.75) is 5.92 Å². The van der Waals surface area contributed by atoms with Gasteiger partial charge in [0.2, 0.25) is 0 Å². The van der Waals surface area contributed by atoms with E-state index < -0.39 is 0 Å². The second-order valence-corrected chi connectivity index (χ2v) is 5.97. The van der Waals surface area contributed by atoms with Gasteiger partial charge in [0.05, 0.1) is 16.8 Å². The standard InChI is InChI=1S/C15H17ClN4O2/c1-19-6-10(4-18-19)13-8-20(7-11(13)9-21)15(22)12-2-3-17-5-14(12)16/h2-6,11,13,21H,7-9H2,1H3/t11-,13-/m0/s1. The zero-order valence-electron chi connectivity index (χ0n) is 12.2. The number of carbonyl (C=O) groups excluding carboxylic acids is 1. The summed E-state index contributed by atoms with van der Waals surface area (Å²) in [6.07, 6.45) is 6.74. The normalized spacial score (nSPS) is 21.3. The van der Waals surface area contributed by atoms with Gasteiger partial charge >= 0.3 is 0 Å². The molecule has 1 aliphatic rings. The number of aryl methyl sites for hydroxylation is 1. The van der Waals surface area contributed by atoms with Crippen molar-refractivity contribution in [1.82, 2.24) is 19.7 Å². The van der Waals surface area contributed by atoms with E-state index in [-0.39, 0.29) is 24.3 Å². The lowest BCUT2D eigenvalue weighted by atomic mass is 9.92. The molecule has 0 unspecified atom stereocenters. The number of amides is 1. The van der Waals surface area contributed by atoms with Gasteiger partial charge in [-0.25, -0.2) is 0 Å². The zero-order chi connectivity index (χ0) is 15.7. The van der Waals surface area contributed by atoms with Crippen LogP contribution in [0.3, 0.4) is 0 Å². The minimum atomic E-state index is -0.128. The summed E-state index contributed by atoms with van der Waals surface area (Å²) in [5.41, 5.74) is 1.48. The smallest absolute Gasteiger partial charge is 0.255 e. The van der Waals surface area contributed by atoms with E-state index in [2.05, 4.69) is 10.1 Å². The van der Waals surface area contributed by atoms with Gasteiger partial charge in [-0.1, -0.05) is 11.6 Å². The Kier molecular flexibility index (Phi) is 4.13. The summed E-state index contributed by atoms with van der Waals surface area (Å²) in [4.78, 5) is 18.3. The molecule has 0 spiro atoms. The molecule has 116 valence electrons. The predicted octanol–water partition coefficient (Wildman–Crippen LogP) is 1.32. The van der Waals surface area contributed by atoms with Crippen molar-refractivity contribution in [3.05, 3.63) is 47.0 Å². The second-order valence-electron chi connectivity index (χ2n) is 5.56. The van der Waals surface area contributed by atoms with Crippen LogP contribution in [0.2, 0.25) is 5.02 Å². The molecule has 0 aliphatic carbocycles. The first kappa shape index (κ1) is 15.0. The fourth-order valence-corrected chi connectivity index (χ4v) is 3.15. The maximum atomic E-state index is 12.6. The summed E-state index contributed by atoms with van der Waals surface area (Å²) >= 11 is 6.05. The lowest BCUT2D eigenvalue weighted by Gasteiger charge is -2.16. The number of rotatable bonds is 3. The maximum absolute atomic E-state index is 12.6. The summed E-state index contributed by atoms with van der Waals surface area (Å²) in [7, 11) is 1.85. The van der Waals surface area contributed by atoms with E-state index in [1.54, 1.807) is 28.0 Å². The highest BCUT2D eigenvalue weighted by Gasteiger charge is 2.37. The number of halogens is 1. The zero-order valence-corrected chi connectivity index (χ0v) is 12.9. The number of aliphatic hydroxyl groups is 1. The Morgan fingerprint density at radius 2 is 2.27 bits per heavy atom. The molecular formula is C15H17ClN4O2. The third-order valence-corrected chi connectivity index (χ3v) is 4.42. The van der Waals surface area contributed by atoms with Crippen molar-refractivity contribution in [2.24, 2.45) is 13.0 Å². The third kappa shape index (κ3) is 2.71. The molecule has 1 saturated heterocycles. The number of carbonyl (C=O) groups is 1. The molecule has 2 aromatic heterocycles. The minimum absolute atomic E-state index is 0.00811. The molecule has 3 rings (SSSR count). The van der Waals surface area contributed by atoms with Gasteiger partial charge in [0, 0.05) is 57.2 Å². The van der Waals surface area contributed by atoms with Crippen LogP contribution in [0.25, 0.3) is 0 Å². The van der Waals surface area contributed by atoms with Crippen LogP contribution in [-0.2, 0) is 7.05 Å². The first-order valence-electron chi connectivity index (χ1n) is 7.08. The van der Waals surface area contributed by atoms with Crippen molar-refractivity contribution in [3.8, 4) is 0 Å². The van der Waals surface area contributed by atoms with Gasteiger partial charge in [-0.15, -0.1) is 0 Å². The molecule has 2 aromatic rings. The fourth-order valence-electron chi connectivity index (χ4n) is 2.95. The highest BCUT2D eigenvalue weighted by atomic mass is 35.5. The molecule has 1 fully saturated rings. The molecule has 7 heteroatoms. The summed E-state index contributed by atoms with van der Waals surface area (Å²) in [6.45, 7) is 1.09. The van der Waals surface area contributed by atoms with Crippen LogP contribution in [0.15, 0.2) is 30.9 Å². The molecule has 2 atom stereocenters. The molecular weight excluding hydrogens is 304 g/mol. The van der Waals surface area contributed by atoms with Crippen LogP contribution < -0.4 is 0 Å². The third-order valence-electron chi connectivity index (χ3n) is 4.12. The Hall–Kier alpha value is -1.92. The van der Waals surface area contributed by atoms with Crippen molar-refractivity contribution >= 4 is 17.5 Å². The molecule has 6 nitrogen and oxygen atoms in total. The fraction of sp³-hybridized carbons (Fsp3) is 0.400. The van der Waals surface area contributed by atoms with E-state index in [0.29, 0.717) is 23.7 Å². The summed E-state index contributed by atoms with van der Waals surface area (Å²) in [5.74, 6) is -0.0331. The maximum Gasteiger partial charge on any atom is 0.255 e. The van der Waals surface area contributed by atoms with Crippen molar-refractivity contribution in [2.75, 3.05) is 19.7 Å². The Morgan fingerprint density at radius 1 is 1.45 bits per heavy atom. The van der Waals surface area contributed by atoms with Crippen LogP contribution in [0.1, 0.15) is 21.8 Å². The second kappa shape index (κ2) is 6.06. The number of pyridine rings is 1. The molecule has 0 radical (unpaired) electrons. The molecule has 0 bridgehead atoms. The molecule has 0 saturated carbocycles. The van der Waals surface area contributed by atoms with Gasteiger partial charge in [-0.3, -0.25) is 14.5 Å². The Bertz CT molecular complexity index is 688. The molecule has 1 aliphatic heterocycles. The molecule has 1 amide bonds. The van der Waals surface area contributed by atoms with Gasteiger partial charge in [0.1, 0.15) is 0 Å². The van der Waals surface area contributed by atoms with Crippen LogP contribution in [-0.4, -0.2) is 50.4 Å². The van der Waals surface area contributed by atoms with E-state index in [4.69, 9.17) is 11.6 Å². The Morgan fingerprint density at radius 3 is 2.91 bits per heavy atom. The van der Waals surface area contributed by atoms with E-state index in [0.717, 1.165) is 5.56 Å². The van der Waals surface area contributed by atoms with Gasteiger partial charge in [-0.2, -0.15) is 5.10 Å². The largest absolute Gasteiger partial charge is 0.396 e. The van der Waals surface area contributed by atoms with Crippen LogP contribution in [0, 0.1) is 5.92 Å². The van der Waals surface area contributed by atoms with Crippen molar-refractivity contribution in [3.63, 3.8) is 0 Å². The van der Waals surface area contributed by atoms with Crippen LogP contribution in [0.4, 0.5) is 0 Å². The molecule has 1 N–H and O–H groups in total.